The number of amides is 2. The average molecular weight is 338 g/mol. The van der Waals surface area contributed by atoms with Crippen molar-refractivity contribution in [3.05, 3.63) is 47.8 Å². The fraction of sp³-hybridized carbons (Fsp3) is 0.350. The molecule has 2 amide bonds. The van der Waals surface area contributed by atoms with Gasteiger partial charge in [-0.1, -0.05) is 44.2 Å². The first-order valence-electron chi connectivity index (χ1n) is 8.90. The highest BCUT2D eigenvalue weighted by atomic mass is 19.1. The van der Waals surface area contributed by atoms with Gasteiger partial charge >= 0.3 is 6.03 Å². The molecular formula is C20H21FN3O. The minimum Gasteiger partial charge on any atom is -0.353 e. The van der Waals surface area contributed by atoms with Gasteiger partial charge < -0.3 is 10.6 Å². The normalized spacial score (nSPS) is 16.9. The highest BCUT2D eigenvalue weighted by molar-refractivity contribution is 6.03. The zero-order chi connectivity index (χ0) is 17.2. The summed E-state index contributed by atoms with van der Waals surface area (Å²) in [7, 11) is 0. The zero-order valence-electron chi connectivity index (χ0n) is 14.0. The quantitative estimate of drug-likeness (QED) is 0.776. The number of carbonyl (C=O) groups is 1. The lowest BCUT2D eigenvalue weighted by Crippen LogP contribution is -2.11. The van der Waals surface area contributed by atoms with E-state index in [9.17, 15) is 9.18 Å². The Morgan fingerprint density at radius 1 is 1.12 bits per heavy atom. The summed E-state index contributed by atoms with van der Waals surface area (Å²) in [6.07, 6.45) is 7.26. The van der Waals surface area contributed by atoms with Crippen LogP contribution in [-0.2, 0) is 6.42 Å². The maximum absolute atomic E-state index is 14.0. The Morgan fingerprint density at radius 3 is 2.72 bits per heavy atom. The van der Waals surface area contributed by atoms with Gasteiger partial charge in [0.05, 0.1) is 17.1 Å². The van der Waals surface area contributed by atoms with E-state index in [1.54, 1.807) is 18.2 Å². The number of hydrogen-bond acceptors (Lipinski definition) is 2. The van der Waals surface area contributed by atoms with Gasteiger partial charge in [0.1, 0.15) is 5.82 Å². The average Bonchev–Trinajstić information content (AvgIpc) is 2.97. The largest absolute Gasteiger partial charge is 0.353 e. The van der Waals surface area contributed by atoms with Crippen molar-refractivity contribution in [1.29, 1.82) is 0 Å². The lowest BCUT2D eigenvalue weighted by molar-refractivity contribution is 0.256. The first-order chi connectivity index (χ1) is 12.2. The molecule has 4 rings (SSSR count). The van der Waals surface area contributed by atoms with E-state index in [0.717, 1.165) is 23.4 Å². The van der Waals surface area contributed by atoms with Crippen LogP contribution in [0.15, 0.2) is 36.4 Å². The van der Waals surface area contributed by atoms with Crippen LogP contribution < -0.4 is 16.0 Å². The van der Waals surface area contributed by atoms with Crippen LogP contribution in [0.4, 0.5) is 31.9 Å². The molecule has 1 aliphatic heterocycles. The molecule has 2 aromatic carbocycles. The lowest BCUT2D eigenvalue weighted by Gasteiger charge is -2.23. The second-order valence-electron chi connectivity index (χ2n) is 6.88. The Balaban J connectivity index is 1.66. The van der Waals surface area contributed by atoms with Gasteiger partial charge in [0.15, 0.2) is 0 Å². The molecule has 5 heteroatoms. The number of benzene rings is 2. The molecule has 1 aliphatic carbocycles. The van der Waals surface area contributed by atoms with Crippen LogP contribution >= 0.6 is 0 Å². The first-order valence-corrected chi connectivity index (χ1v) is 8.90. The van der Waals surface area contributed by atoms with Crippen LogP contribution in [0.1, 0.15) is 37.7 Å². The molecule has 1 saturated carbocycles. The molecular weight excluding hydrogens is 317 g/mol. The topological polar surface area (TPSA) is 55.2 Å². The van der Waals surface area contributed by atoms with Crippen LogP contribution in [0.5, 0.6) is 0 Å². The van der Waals surface area contributed by atoms with Crippen molar-refractivity contribution in [3.63, 3.8) is 0 Å². The van der Waals surface area contributed by atoms with E-state index < -0.39 is 0 Å². The zero-order valence-corrected chi connectivity index (χ0v) is 14.0. The van der Waals surface area contributed by atoms with Crippen molar-refractivity contribution >= 4 is 28.8 Å². The predicted molar refractivity (Wildman–Crippen MR) is 97.2 cm³/mol. The van der Waals surface area contributed by atoms with E-state index in [1.165, 1.54) is 38.2 Å². The predicted octanol–water partition coefficient (Wildman–Crippen LogP) is 5.47. The summed E-state index contributed by atoms with van der Waals surface area (Å²) in [6, 6.07) is 10.1. The van der Waals surface area contributed by atoms with Gasteiger partial charge in [-0.2, -0.15) is 5.32 Å². The molecule has 1 heterocycles. The Kier molecular flexibility index (Phi) is 4.30. The summed E-state index contributed by atoms with van der Waals surface area (Å²) in [5.74, 6) is 0.347. The van der Waals surface area contributed by atoms with Crippen molar-refractivity contribution in [3.8, 4) is 0 Å². The second-order valence-corrected chi connectivity index (χ2v) is 6.88. The number of nitrogens with zero attached hydrogens (tertiary/aromatic N) is 1. The Labute approximate surface area is 146 Å². The van der Waals surface area contributed by atoms with Gasteiger partial charge in [0.25, 0.3) is 0 Å². The van der Waals surface area contributed by atoms with Gasteiger partial charge in [-0.15, -0.1) is 0 Å². The molecule has 4 nitrogen and oxygen atoms in total. The third kappa shape index (κ3) is 3.45. The smallest absolute Gasteiger partial charge is 0.346 e. The van der Waals surface area contributed by atoms with Gasteiger partial charge in [0.2, 0.25) is 0 Å². The molecule has 0 saturated heterocycles. The molecule has 0 atom stereocenters. The van der Waals surface area contributed by atoms with E-state index in [1.807, 2.05) is 12.1 Å². The minimum atomic E-state index is -0.346. The van der Waals surface area contributed by atoms with Gasteiger partial charge in [-0.3, -0.25) is 0 Å². The summed E-state index contributed by atoms with van der Waals surface area (Å²) in [4.78, 5) is 11.6. The first kappa shape index (κ1) is 15.9. The van der Waals surface area contributed by atoms with Crippen molar-refractivity contribution < 1.29 is 9.18 Å². The Hall–Kier alpha value is -2.56. The number of hydrogen-bond donors (Lipinski definition) is 2. The van der Waals surface area contributed by atoms with E-state index in [2.05, 4.69) is 16.0 Å². The molecule has 25 heavy (non-hydrogen) atoms. The third-order valence-corrected chi connectivity index (χ3v) is 5.06. The molecule has 1 radical (unpaired) electrons. The van der Waals surface area contributed by atoms with Crippen LogP contribution in [0.25, 0.3) is 0 Å². The number of urea groups is 1. The van der Waals surface area contributed by atoms with E-state index in [4.69, 9.17) is 0 Å². The van der Waals surface area contributed by atoms with Gasteiger partial charge in [-0.05, 0) is 42.2 Å². The minimum absolute atomic E-state index is 0.294. The number of carbonyl (C=O) groups excluding carboxylic acids is 1. The number of rotatable bonds is 4. The fourth-order valence-electron chi connectivity index (χ4n) is 3.77. The summed E-state index contributed by atoms with van der Waals surface area (Å²) in [5.41, 5.74) is 3.72. The molecule has 1 fully saturated rings. The number of anilines is 3. The molecule has 2 N–H and O–H groups in total. The van der Waals surface area contributed by atoms with Crippen LogP contribution in [0, 0.1) is 11.7 Å². The van der Waals surface area contributed by atoms with E-state index in [-0.39, 0.29) is 11.8 Å². The fourth-order valence-corrected chi connectivity index (χ4v) is 3.77. The molecule has 0 bridgehead atoms. The number of halogens is 1. The molecule has 0 spiro atoms. The van der Waals surface area contributed by atoms with Crippen molar-refractivity contribution in [2.75, 3.05) is 10.6 Å². The summed E-state index contributed by atoms with van der Waals surface area (Å²) < 4.78 is 14.0. The molecule has 129 valence electrons. The Morgan fingerprint density at radius 2 is 1.92 bits per heavy atom. The highest BCUT2D eigenvalue weighted by Crippen LogP contribution is 2.38. The van der Waals surface area contributed by atoms with Gasteiger partial charge in [0, 0.05) is 5.69 Å². The lowest BCUT2D eigenvalue weighted by atomic mass is 9.84. The van der Waals surface area contributed by atoms with Gasteiger partial charge in [-0.25, -0.2) is 9.18 Å². The van der Waals surface area contributed by atoms with Crippen molar-refractivity contribution in [2.45, 2.75) is 38.5 Å². The maximum Gasteiger partial charge on any atom is 0.346 e. The second kappa shape index (κ2) is 6.75. The van der Waals surface area contributed by atoms with Crippen LogP contribution in [0.3, 0.4) is 0 Å². The summed E-state index contributed by atoms with van der Waals surface area (Å²) in [6.45, 7) is 0. The van der Waals surface area contributed by atoms with E-state index >= 15 is 0 Å². The number of nitrogens with one attached hydrogen (secondary N) is 2. The number of fused-ring (bicyclic) bond motifs is 1. The third-order valence-electron chi connectivity index (χ3n) is 5.06. The standard InChI is InChI=1S/C20H21FN3O/c21-15-8-4-5-9-16(15)22-17-12-19-18(23-20(25)24-19)11-14(17)10-13-6-2-1-3-7-13/h4-5,8-9,11-13,22H,1-3,6-7,10H2,(H,23,25). The van der Waals surface area contributed by atoms with Crippen molar-refractivity contribution in [2.24, 2.45) is 5.92 Å². The van der Waals surface area contributed by atoms with Crippen LogP contribution in [-0.4, -0.2) is 6.03 Å². The molecule has 0 aromatic heterocycles. The maximum atomic E-state index is 14.0. The summed E-state index contributed by atoms with van der Waals surface area (Å²) in [5, 5.41) is 9.95. The molecule has 0 unspecified atom stereocenters. The molecule has 2 aromatic rings. The SMILES string of the molecule is O=C1[N]c2cc(Nc3ccccc3F)c(CC3CCCCC3)cc2N1. The molecule has 2 aliphatic rings. The monoisotopic (exact) mass is 338 g/mol. The van der Waals surface area contributed by atoms with Crippen LogP contribution in [0.2, 0.25) is 0 Å². The Bertz CT molecular complexity index is 800. The highest BCUT2D eigenvalue weighted by Gasteiger charge is 2.23. The summed E-state index contributed by atoms with van der Waals surface area (Å²) >= 11 is 0. The number of para-hydroxylation sites is 1. The van der Waals surface area contributed by atoms with Crippen molar-refractivity contribution in [1.82, 2.24) is 5.32 Å². The van der Waals surface area contributed by atoms with E-state index in [0.29, 0.717) is 17.3 Å².